The van der Waals surface area contributed by atoms with Crippen molar-refractivity contribution in [1.29, 1.82) is 15.8 Å². The highest BCUT2D eigenvalue weighted by atomic mass is 31.2. The van der Waals surface area contributed by atoms with Crippen LogP contribution < -0.4 is 20.9 Å². The Kier molecular flexibility index (Phi) is 21.6. The minimum atomic E-state index is -4.99. The van der Waals surface area contributed by atoms with Crippen LogP contribution in [0.1, 0.15) is 127 Å². The summed E-state index contributed by atoms with van der Waals surface area (Å²) in [6, 6.07) is 16.3. The van der Waals surface area contributed by atoms with Gasteiger partial charge in [-0.15, -0.1) is 0 Å². The summed E-state index contributed by atoms with van der Waals surface area (Å²) in [6.45, 7) is 0.304. The van der Waals surface area contributed by atoms with Crippen molar-refractivity contribution in [3.05, 3.63) is 72.1 Å². The van der Waals surface area contributed by atoms with Crippen molar-refractivity contribution < 1.29 is 62.2 Å². The van der Waals surface area contributed by atoms with Gasteiger partial charge in [-0.05, 0) is 42.8 Å². The third-order valence-electron chi connectivity index (χ3n) is 14.2. The molecule has 7 rings (SSSR count). The first-order valence-corrected chi connectivity index (χ1v) is 28.2. The van der Waals surface area contributed by atoms with Crippen LogP contribution in [0.2, 0.25) is 0 Å². The Labute approximate surface area is 453 Å². The van der Waals surface area contributed by atoms with Crippen LogP contribution in [0.15, 0.2) is 55.1 Å². The monoisotopic (exact) mass is 1100 g/mol. The summed E-state index contributed by atoms with van der Waals surface area (Å²) in [7, 11) is -3.59. The number of aromatic nitrogens is 6. The van der Waals surface area contributed by atoms with E-state index in [2.05, 4.69) is 33.2 Å². The van der Waals surface area contributed by atoms with E-state index in [1.165, 1.54) is 136 Å². The Balaban J connectivity index is 1.03. The molecule has 422 valence electrons. The molecule has 9 atom stereocenters. The molecule has 2 saturated heterocycles. The number of ether oxygens (including phenoxy) is 5. The molecule has 2 aliphatic heterocycles. The summed E-state index contributed by atoms with van der Waals surface area (Å²) in [5.41, 5.74) is 8.35. The number of nitrogens with zero attached hydrogens (tertiary/aromatic N) is 9. The molecule has 2 aliphatic rings. The van der Waals surface area contributed by atoms with E-state index in [4.69, 9.17) is 48.7 Å². The Morgan fingerprint density at radius 1 is 0.679 bits per heavy atom. The quantitative estimate of drug-likeness (QED) is 0.0205. The molecule has 0 unspecified atom stereocenters. The molecule has 0 saturated carbocycles. The zero-order valence-corrected chi connectivity index (χ0v) is 45.1. The summed E-state index contributed by atoms with van der Waals surface area (Å²) in [4.78, 5) is 7.90. The van der Waals surface area contributed by atoms with Crippen molar-refractivity contribution in [3.8, 4) is 29.7 Å². The number of rotatable bonds is 33. The van der Waals surface area contributed by atoms with Crippen LogP contribution in [0.4, 0.5) is 11.6 Å². The van der Waals surface area contributed by atoms with E-state index in [1.54, 1.807) is 0 Å². The van der Waals surface area contributed by atoms with Crippen LogP contribution >= 0.6 is 7.82 Å². The average molecular weight is 1100 g/mol. The highest BCUT2D eigenvalue weighted by molar-refractivity contribution is 7.48. The first-order valence-electron chi connectivity index (χ1n) is 26.7. The maximum absolute atomic E-state index is 15.0. The fourth-order valence-electron chi connectivity index (χ4n) is 9.83. The Morgan fingerprint density at radius 2 is 1.15 bits per heavy atom. The molecule has 0 radical (unpaired) electrons. The number of phosphoric acid groups is 1. The first-order chi connectivity index (χ1) is 37.8. The molecule has 4 aromatic heterocycles. The van der Waals surface area contributed by atoms with E-state index in [1.807, 2.05) is 12.1 Å². The number of methoxy groups -OCH3 is 1. The summed E-state index contributed by atoms with van der Waals surface area (Å²) >= 11 is 0. The fraction of sp³-hybridized carbons (Fsp3) is 0.604. The molecule has 0 spiro atoms. The van der Waals surface area contributed by atoms with E-state index >= 15 is 4.57 Å². The normalized spacial score (nSPS) is 23.6. The van der Waals surface area contributed by atoms with Gasteiger partial charge in [0.2, 0.25) is 11.2 Å². The standard InChI is InChI=1S/C53H72N11O13P/c1-3-4-5-6-7-8-9-10-11-12-13-14-15-16-17-18-25-71-28-38(75-37-20-19-36(27-54)41(26-37)70-2)29-72-78(69,73-30-42-46(65)48(67)52(32-55,76-42)44-23-21-39-50(57)59-34-61-63(39)44)74-31-43-47(66)49(68)53(33-56,77-43)45-24-22-40-51(58)60-35-62-64(40)45/h19-24,26,34-35,38,42-43,46-49,65-68H,3-18,25,28-31H2,1-2H3,(H2,57,59,61)(H2,58,60,62)/t38-,42-,43-,46-,47-,48-,49-,52+,53+/m1/s1. The number of nitriles is 3. The number of nitrogens with two attached hydrogens (primary N) is 2. The van der Waals surface area contributed by atoms with Gasteiger partial charge in [0.1, 0.15) is 96.1 Å². The van der Waals surface area contributed by atoms with E-state index in [9.17, 15) is 36.2 Å². The molecule has 78 heavy (non-hydrogen) atoms. The van der Waals surface area contributed by atoms with Crippen LogP contribution in [0.3, 0.4) is 0 Å². The van der Waals surface area contributed by atoms with Crippen molar-refractivity contribution in [3.63, 3.8) is 0 Å². The molecule has 6 heterocycles. The van der Waals surface area contributed by atoms with Gasteiger partial charge >= 0.3 is 7.82 Å². The minimum absolute atomic E-state index is 0.00494. The first kappa shape index (κ1) is 59.6. The fourth-order valence-corrected chi connectivity index (χ4v) is 11.1. The number of fused-ring (bicyclic) bond motifs is 2. The number of benzene rings is 1. The molecular weight excluding hydrogens is 1030 g/mol. The SMILES string of the molecule is CCCCCCCCCCCCCCCCCCOC[C@H](COP(=O)(OC[C@H]1O[C@@](C#N)(c2ccc3c(N)ncnn23)[C@H](O)[C@@H]1O)OC[C@H]1O[C@@](C#N)(c2ccc3c(N)ncnn23)[C@H](O)[C@@H]1O)Oc1ccc(C#N)c(OC)c1. The zero-order chi connectivity index (χ0) is 55.7. The number of aliphatic hydroxyl groups is 4. The van der Waals surface area contributed by atoms with Crippen LogP contribution in [0.5, 0.6) is 11.5 Å². The lowest BCUT2D eigenvalue weighted by Crippen LogP contribution is -2.41. The summed E-state index contributed by atoms with van der Waals surface area (Å²) in [6.07, 6.45) is 10.1. The summed E-state index contributed by atoms with van der Waals surface area (Å²) < 4.78 is 65.0. The maximum Gasteiger partial charge on any atom is 0.475 e. The number of hydrogen-bond acceptors (Lipinski definition) is 22. The van der Waals surface area contributed by atoms with Crippen LogP contribution in [-0.2, 0) is 43.5 Å². The second-order valence-electron chi connectivity index (χ2n) is 19.6. The van der Waals surface area contributed by atoms with E-state index in [0.717, 1.165) is 38.3 Å². The predicted octanol–water partition coefficient (Wildman–Crippen LogP) is 6.08. The smallest absolute Gasteiger partial charge is 0.475 e. The Hall–Kier alpha value is -6.04. The number of hydrogen-bond donors (Lipinski definition) is 6. The average Bonchev–Trinajstić information content (AvgIpc) is 4.40. The topological polar surface area (TPSA) is 356 Å². The lowest BCUT2D eigenvalue weighted by Gasteiger charge is -2.26. The highest BCUT2D eigenvalue weighted by Crippen LogP contribution is 2.52. The highest BCUT2D eigenvalue weighted by Gasteiger charge is 2.59. The molecule has 5 aromatic rings. The van der Waals surface area contributed by atoms with E-state index in [0.29, 0.717) is 6.61 Å². The van der Waals surface area contributed by atoms with Gasteiger partial charge in [0.15, 0.2) is 11.6 Å². The van der Waals surface area contributed by atoms with Crippen LogP contribution in [0, 0.1) is 34.0 Å². The van der Waals surface area contributed by atoms with Crippen LogP contribution in [-0.4, -0.2) is 132 Å². The molecule has 0 aliphatic carbocycles. The lowest BCUT2D eigenvalue weighted by atomic mass is 9.92. The van der Waals surface area contributed by atoms with E-state index < -0.39 is 81.6 Å². The van der Waals surface area contributed by atoms with Gasteiger partial charge in [-0.25, -0.2) is 23.6 Å². The second-order valence-corrected chi connectivity index (χ2v) is 21.3. The third-order valence-corrected chi connectivity index (χ3v) is 15.6. The molecular formula is C53H72N11O13P. The number of aliphatic hydroxyl groups excluding tert-OH is 4. The van der Waals surface area contributed by atoms with Gasteiger partial charge < -0.3 is 55.6 Å². The molecule has 0 bridgehead atoms. The van der Waals surface area contributed by atoms with E-state index in [-0.39, 0.29) is 57.7 Å². The minimum Gasteiger partial charge on any atom is -0.495 e. The number of nitrogen functional groups attached to an aromatic ring is 2. The van der Waals surface area contributed by atoms with Crippen molar-refractivity contribution in [2.24, 2.45) is 0 Å². The largest absolute Gasteiger partial charge is 0.495 e. The molecule has 8 N–H and O–H groups in total. The number of anilines is 2. The molecule has 2 fully saturated rings. The van der Waals surface area contributed by atoms with Gasteiger partial charge in [0.25, 0.3) is 0 Å². The molecule has 0 amide bonds. The van der Waals surface area contributed by atoms with Crippen LogP contribution in [0.25, 0.3) is 11.0 Å². The number of phosphoric ester groups is 1. The number of unbranched alkanes of at least 4 members (excludes halogenated alkanes) is 15. The van der Waals surface area contributed by atoms with Gasteiger partial charge in [-0.3, -0.25) is 13.6 Å². The van der Waals surface area contributed by atoms with Gasteiger partial charge in [-0.2, -0.15) is 26.0 Å². The third kappa shape index (κ3) is 13.9. The Morgan fingerprint density at radius 3 is 1.60 bits per heavy atom. The van der Waals surface area contributed by atoms with Gasteiger partial charge in [-0.1, -0.05) is 103 Å². The second kappa shape index (κ2) is 28.2. The molecule has 24 nitrogen and oxygen atoms in total. The lowest BCUT2D eigenvalue weighted by molar-refractivity contribution is -0.0756. The summed E-state index contributed by atoms with van der Waals surface area (Å²) in [5, 5.41) is 84.6. The van der Waals surface area contributed by atoms with Crippen molar-refractivity contribution in [2.45, 2.75) is 164 Å². The zero-order valence-electron chi connectivity index (χ0n) is 44.2. The summed E-state index contributed by atoms with van der Waals surface area (Å²) in [5.74, 6) is 0.599. The van der Waals surface area contributed by atoms with Gasteiger partial charge in [0, 0.05) is 12.7 Å². The van der Waals surface area contributed by atoms with Gasteiger partial charge in [0.05, 0.1) is 50.5 Å². The molecule has 1 aromatic carbocycles. The predicted molar refractivity (Wildman–Crippen MR) is 281 cm³/mol. The van der Waals surface area contributed by atoms with Crippen molar-refractivity contribution >= 4 is 30.5 Å². The van der Waals surface area contributed by atoms with Crippen molar-refractivity contribution in [1.82, 2.24) is 29.2 Å². The Bertz CT molecular complexity index is 2780. The van der Waals surface area contributed by atoms with Crippen molar-refractivity contribution in [2.75, 3.05) is 51.6 Å². The maximum atomic E-state index is 15.0. The molecule has 25 heteroatoms.